The highest BCUT2D eigenvalue weighted by atomic mass is 32.2. The summed E-state index contributed by atoms with van der Waals surface area (Å²) in [5.41, 5.74) is 1.78. The Labute approximate surface area is 126 Å². The van der Waals surface area contributed by atoms with E-state index in [1.54, 1.807) is 0 Å². The fraction of sp³-hybridized carbons (Fsp3) is 0.500. The molecule has 1 aliphatic carbocycles. The van der Waals surface area contributed by atoms with Gasteiger partial charge in [0.2, 0.25) is 10.0 Å². The minimum atomic E-state index is -3.20. The Kier molecular flexibility index (Phi) is 5.40. The van der Waals surface area contributed by atoms with Crippen molar-refractivity contribution in [2.75, 3.05) is 12.4 Å². The predicted octanol–water partition coefficient (Wildman–Crippen LogP) is 1.81. The average molecular weight is 307 g/mol. The van der Waals surface area contributed by atoms with Crippen molar-refractivity contribution in [2.45, 2.75) is 32.2 Å². The van der Waals surface area contributed by atoms with Crippen molar-refractivity contribution < 1.29 is 13.5 Å². The fourth-order valence-electron chi connectivity index (χ4n) is 2.06. The molecule has 0 spiro atoms. The quantitative estimate of drug-likeness (QED) is 0.788. The van der Waals surface area contributed by atoms with Gasteiger partial charge in [0.15, 0.2) is 0 Å². The third-order valence-corrected chi connectivity index (χ3v) is 5.01. The molecule has 1 saturated carbocycles. The number of aliphatic hydroxyl groups is 1. The van der Waals surface area contributed by atoms with Crippen molar-refractivity contribution in [2.24, 2.45) is 5.92 Å². The Morgan fingerprint density at radius 2 is 2.00 bits per heavy atom. The van der Waals surface area contributed by atoms with Crippen LogP contribution >= 0.6 is 0 Å². The van der Waals surface area contributed by atoms with Crippen LogP contribution < -0.4 is 4.72 Å². The first kappa shape index (κ1) is 16.0. The van der Waals surface area contributed by atoms with E-state index in [1.807, 2.05) is 31.2 Å². The molecule has 0 bridgehead atoms. The molecule has 1 aromatic rings. The summed E-state index contributed by atoms with van der Waals surface area (Å²) in [4.78, 5) is 0. The van der Waals surface area contributed by atoms with Crippen molar-refractivity contribution >= 4 is 10.0 Å². The van der Waals surface area contributed by atoms with Gasteiger partial charge in [-0.25, -0.2) is 13.1 Å². The lowest BCUT2D eigenvalue weighted by molar-refractivity contribution is 0.305. The molecule has 0 radical (unpaired) electrons. The topological polar surface area (TPSA) is 66.4 Å². The molecule has 1 aromatic carbocycles. The summed E-state index contributed by atoms with van der Waals surface area (Å²) >= 11 is 0. The maximum atomic E-state index is 11.9. The summed E-state index contributed by atoms with van der Waals surface area (Å²) in [5, 5.41) is 8.67. The Balaban J connectivity index is 1.96. The average Bonchev–Trinajstić information content (AvgIpc) is 3.22. The van der Waals surface area contributed by atoms with Crippen LogP contribution in [0.3, 0.4) is 0 Å². The number of nitrogens with one attached hydrogen (secondary N) is 1. The van der Waals surface area contributed by atoms with Gasteiger partial charge in [0.05, 0.1) is 12.4 Å². The zero-order valence-corrected chi connectivity index (χ0v) is 13.0. The number of benzene rings is 1. The number of hydrogen-bond acceptors (Lipinski definition) is 3. The van der Waals surface area contributed by atoms with Crippen LogP contribution in [-0.2, 0) is 10.0 Å². The second kappa shape index (κ2) is 7.08. The van der Waals surface area contributed by atoms with Gasteiger partial charge < -0.3 is 5.11 Å². The summed E-state index contributed by atoms with van der Waals surface area (Å²) in [5.74, 6) is 6.39. The van der Waals surface area contributed by atoms with E-state index in [2.05, 4.69) is 16.6 Å². The van der Waals surface area contributed by atoms with Crippen LogP contribution in [0.1, 0.15) is 43.4 Å². The van der Waals surface area contributed by atoms with E-state index in [0.717, 1.165) is 24.0 Å². The number of hydrogen-bond donors (Lipinski definition) is 2. The molecular weight excluding hydrogens is 286 g/mol. The second-order valence-electron chi connectivity index (χ2n) is 5.46. The Morgan fingerprint density at radius 1 is 1.33 bits per heavy atom. The summed E-state index contributed by atoms with van der Waals surface area (Å²) < 4.78 is 26.6. The van der Waals surface area contributed by atoms with Gasteiger partial charge in [0, 0.05) is 18.0 Å². The maximum Gasteiger partial charge on any atom is 0.212 e. The molecule has 0 aliphatic heterocycles. The van der Waals surface area contributed by atoms with Crippen LogP contribution in [-0.4, -0.2) is 25.9 Å². The number of aliphatic hydroxyl groups excluding tert-OH is 1. The largest absolute Gasteiger partial charge is 0.395 e. The molecule has 114 valence electrons. The molecule has 1 atom stereocenters. The van der Waals surface area contributed by atoms with Gasteiger partial charge in [0.25, 0.3) is 0 Å². The Bertz CT molecular complexity index is 622. The normalized spacial score (nSPS) is 16.1. The lowest BCUT2D eigenvalue weighted by Crippen LogP contribution is -2.29. The van der Waals surface area contributed by atoms with Gasteiger partial charge in [0.1, 0.15) is 0 Å². The first-order valence-corrected chi connectivity index (χ1v) is 8.85. The zero-order chi connectivity index (χ0) is 15.3. The minimum absolute atomic E-state index is 0.0604. The first-order chi connectivity index (χ1) is 10.00. The van der Waals surface area contributed by atoms with E-state index in [4.69, 9.17) is 5.11 Å². The second-order valence-corrected chi connectivity index (χ2v) is 7.26. The van der Waals surface area contributed by atoms with Gasteiger partial charge in [-0.2, -0.15) is 0 Å². The third kappa shape index (κ3) is 5.50. The molecule has 0 aromatic heterocycles. The fourth-order valence-corrected chi connectivity index (χ4v) is 3.78. The highest BCUT2D eigenvalue weighted by molar-refractivity contribution is 7.89. The van der Waals surface area contributed by atoms with Crippen molar-refractivity contribution in [3.05, 3.63) is 35.4 Å². The van der Waals surface area contributed by atoms with Gasteiger partial charge in [-0.1, -0.05) is 24.0 Å². The third-order valence-electron chi connectivity index (χ3n) is 3.39. The molecule has 0 saturated heterocycles. The zero-order valence-electron chi connectivity index (χ0n) is 12.2. The van der Waals surface area contributed by atoms with Gasteiger partial charge >= 0.3 is 0 Å². The van der Waals surface area contributed by atoms with Gasteiger partial charge in [-0.05, 0) is 43.4 Å². The molecule has 5 heteroatoms. The van der Waals surface area contributed by atoms with Crippen LogP contribution in [0.4, 0.5) is 0 Å². The van der Waals surface area contributed by atoms with E-state index >= 15 is 0 Å². The molecule has 21 heavy (non-hydrogen) atoms. The highest BCUT2D eigenvalue weighted by Crippen LogP contribution is 2.30. The van der Waals surface area contributed by atoms with Crippen molar-refractivity contribution in [3.63, 3.8) is 0 Å². The summed E-state index contributed by atoms with van der Waals surface area (Å²) in [6, 6.07) is 7.25. The van der Waals surface area contributed by atoms with E-state index in [0.29, 0.717) is 12.3 Å². The molecule has 2 N–H and O–H groups in total. The van der Waals surface area contributed by atoms with Crippen molar-refractivity contribution in [1.29, 1.82) is 0 Å². The van der Waals surface area contributed by atoms with Crippen molar-refractivity contribution in [1.82, 2.24) is 4.72 Å². The van der Waals surface area contributed by atoms with Crippen molar-refractivity contribution in [3.8, 4) is 11.8 Å². The smallest absolute Gasteiger partial charge is 0.212 e. The van der Waals surface area contributed by atoms with Crippen LogP contribution in [0, 0.1) is 17.8 Å². The summed E-state index contributed by atoms with van der Waals surface area (Å²) in [6.45, 7) is 1.90. The van der Waals surface area contributed by atoms with E-state index < -0.39 is 10.0 Å². The van der Waals surface area contributed by atoms with Gasteiger partial charge in [-0.15, -0.1) is 0 Å². The number of rotatable bonds is 6. The molecular formula is C16H21NO3S. The molecule has 0 amide bonds. The molecule has 1 aliphatic rings. The van der Waals surface area contributed by atoms with Crippen LogP contribution in [0.2, 0.25) is 0 Å². The lowest BCUT2D eigenvalue weighted by Gasteiger charge is -2.14. The summed E-state index contributed by atoms with van der Waals surface area (Å²) in [7, 11) is -3.20. The van der Waals surface area contributed by atoms with Crippen LogP contribution in [0.15, 0.2) is 24.3 Å². The predicted molar refractivity (Wildman–Crippen MR) is 83.1 cm³/mol. The maximum absolute atomic E-state index is 11.9. The standard InChI is InChI=1S/C16H21NO3S/c1-13(17-21(19,20)12-15-5-6-15)16-9-7-14(8-10-16)4-2-3-11-18/h7-10,13,15,17-18H,3,5-6,11-12H2,1H3. The summed E-state index contributed by atoms with van der Waals surface area (Å²) in [6.07, 6.45) is 2.51. The lowest BCUT2D eigenvalue weighted by atomic mass is 10.1. The molecule has 0 heterocycles. The highest BCUT2D eigenvalue weighted by Gasteiger charge is 2.28. The Morgan fingerprint density at radius 3 is 2.57 bits per heavy atom. The Hall–Kier alpha value is -1.35. The van der Waals surface area contributed by atoms with E-state index in [-0.39, 0.29) is 18.4 Å². The van der Waals surface area contributed by atoms with Crippen LogP contribution in [0.5, 0.6) is 0 Å². The minimum Gasteiger partial charge on any atom is -0.395 e. The first-order valence-electron chi connectivity index (χ1n) is 7.20. The number of sulfonamides is 1. The monoisotopic (exact) mass is 307 g/mol. The SMILES string of the molecule is CC(NS(=O)(=O)CC1CC1)c1ccc(C#CCCO)cc1. The van der Waals surface area contributed by atoms with E-state index in [1.165, 1.54) is 0 Å². The molecule has 1 unspecified atom stereocenters. The van der Waals surface area contributed by atoms with Crippen LogP contribution in [0.25, 0.3) is 0 Å². The molecule has 2 rings (SSSR count). The van der Waals surface area contributed by atoms with Gasteiger partial charge in [-0.3, -0.25) is 0 Å². The molecule has 4 nitrogen and oxygen atoms in total. The van der Waals surface area contributed by atoms with E-state index in [9.17, 15) is 8.42 Å². The molecule has 1 fully saturated rings.